The van der Waals surface area contributed by atoms with E-state index in [-0.39, 0.29) is 11.7 Å². The number of halogens is 1. The number of hydrogen-bond acceptors (Lipinski definition) is 2. The van der Waals surface area contributed by atoms with Crippen molar-refractivity contribution >= 4 is 5.91 Å². The number of pyridine rings is 1. The molecule has 0 aliphatic heterocycles. The van der Waals surface area contributed by atoms with Gasteiger partial charge in [-0.25, -0.2) is 4.39 Å². The first-order valence-corrected chi connectivity index (χ1v) is 7.04. The SMILES string of the molecule is CN(CCc1ccccn1)C(=O)CCc1ccccc1F. The van der Waals surface area contributed by atoms with Crippen LogP contribution in [0.1, 0.15) is 17.7 Å². The lowest BCUT2D eigenvalue weighted by atomic mass is 10.1. The maximum Gasteiger partial charge on any atom is 0.222 e. The molecule has 110 valence electrons. The molecule has 0 saturated carbocycles. The van der Waals surface area contributed by atoms with Crippen LogP contribution in [0.3, 0.4) is 0 Å². The molecule has 2 aromatic rings. The van der Waals surface area contributed by atoms with Crippen LogP contribution in [0.2, 0.25) is 0 Å². The zero-order valence-corrected chi connectivity index (χ0v) is 12.1. The van der Waals surface area contributed by atoms with Crippen molar-refractivity contribution in [3.63, 3.8) is 0 Å². The molecule has 1 heterocycles. The van der Waals surface area contributed by atoms with E-state index in [1.54, 1.807) is 36.3 Å². The maximum absolute atomic E-state index is 13.5. The van der Waals surface area contributed by atoms with Crippen LogP contribution in [-0.2, 0) is 17.6 Å². The Labute approximate surface area is 124 Å². The Morgan fingerprint density at radius 1 is 1.14 bits per heavy atom. The van der Waals surface area contributed by atoms with Crippen molar-refractivity contribution in [3.05, 3.63) is 65.7 Å². The van der Waals surface area contributed by atoms with Gasteiger partial charge in [0, 0.05) is 38.3 Å². The van der Waals surface area contributed by atoms with Gasteiger partial charge in [0.15, 0.2) is 0 Å². The van der Waals surface area contributed by atoms with Crippen molar-refractivity contribution in [2.24, 2.45) is 0 Å². The van der Waals surface area contributed by atoms with E-state index in [4.69, 9.17) is 0 Å². The van der Waals surface area contributed by atoms with Crippen LogP contribution in [0.5, 0.6) is 0 Å². The minimum atomic E-state index is -0.249. The topological polar surface area (TPSA) is 33.2 Å². The summed E-state index contributed by atoms with van der Waals surface area (Å²) in [5.74, 6) is -0.226. The van der Waals surface area contributed by atoms with Crippen molar-refractivity contribution in [1.29, 1.82) is 0 Å². The van der Waals surface area contributed by atoms with Gasteiger partial charge in [0.25, 0.3) is 0 Å². The van der Waals surface area contributed by atoms with Crippen LogP contribution in [0, 0.1) is 5.82 Å². The molecule has 0 bridgehead atoms. The molecule has 1 aromatic carbocycles. The zero-order chi connectivity index (χ0) is 15.1. The largest absolute Gasteiger partial charge is 0.345 e. The summed E-state index contributed by atoms with van der Waals surface area (Å²) in [6.07, 6.45) is 3.22. The lowest BCUT2D eigenvalue weighted by Crippen LogP contribution is -2.29. The molecular formula is C17H19FN2O. The van der Waals surface area contributed by atoms with Gasteiger partial charge in [0.05, 0.1) is 0 Å². The summed E-state index contributed by atoms with van der Waals surface area (Å²) >= 11 is 0. The first-order chi connectivity index (χ1) is 10.2. The Morgan fingerprint density at radius 3 is 2.62 bits per heavy atom. The van der Waals surface area contributed by atoms with E-state index in [1.807, 2.05) is 18.2 Å². The predicted octanol–water partition coefficient (Wildman–Crippen LogP) is 2.85. The Kier molecular flexibility index (Phi) is 5.43. The fourth-order valence-electron chi connectivity index (χ4n) is 2.09. The van der Waals surface area contributed by atoms with Crippen LogP contribution in [-0.4, -0.2) is 29.4 Å². The summed E-state index contributed by atoms with van der Waals surface area (Å²) in [6, 6.07) is 12.3. The summed E-state index contributed by atoms with van der Waals surface area (Å²) in [5, 5.41) is 0. The second-order valence-electron chi connectivity index (χ2n) is 4.98. The molecule has 0 unspecified atom stereocenters. The van der Waals surface area contributed by atoms with Crippen molar-refractivity contribution in [2.75, 3.05) is 13.6 Å². The number of likely N-dealkylation sites (N-methyl/N-ethyl adjacent to an activating group) is 1. The molecule has 0 saturated heterocycles. The third-order valence-corrected chi connectivity index (χ3v) is 3.42. The molecule has 0 aliphatic rings. The van der Waals surface area contributed by atoms with E-state index in [0.29, 0.717) is 24.9 Å². The molecule has 4 heteroatoms. The number of hydrogen-bond donors (Lipinski definition) is 0. The average molecular weight is 286 g/mol. The van der Waals surface area contributed by atoms with Crippen molar-refractivity contribution in [1.82, 2.24) is 9.88 Å². The summed E-state index contributed by atoms with van der Waals surface area (Å²) in [7, 11) is 1.77. The third-order valence-electron chi connectivity index (χ3n) is 3.42. The van der Waals surface area contributed by atoms with Gasteiger partial charge in [-0.1, -0.05) is 24.3 Å². The minimum Gasteiger partial charge on any atom is -0.345 e. The van der Waals surface area contributed by atoms with E-state index in [0.717, 1.165) is 12.1 Å². The van der Waals surface area contributed by atoms with E-state index >= 15 is 0 Å². The van der Waals surface area contributed by atoms with E-state index in [2.05, 4.69) is 4.98 Å². The van der Waals surface area contributed by atoms with E-state index in [1.165, 1.54) is 6.07 Å². The summed E-state index contributed by atoms with van der Waals surface area (Å²) in [4.78, 5) is 17.9. The van der Waals surface area contributed by atoms with E-state index < -0.39 is 0 Å². The smallest absolute Gasteiger partial charge is 0.222 e. The van der Waals surface area contributed by atoms with Gasteiger partial charge < -0.3 is 4.90 Å². The first kappa shape index (κ1) is 15.2. The van der Waals surface area contributed by atoms with Gasteiger partial charge in [-0.05, 0) is 30.2 Å². The molecule has 0 atom stereocenters. The fraction of sp³-hybridized carbons (Fsp3) is 0.294. The minimum absolute atomic E-state index is 0.0224. The predicted molar refractivity (Wildman–Crippen MR) is 80.3 cm³/mol. The second kappa shape index (κ2) is 7.53. The van der Waals surface area contributed by atoms with Gasteiger partial charge >= 0.3 is 0 Å². The summed E-state index contributed by atoms with van der Waals surface area (Å²) < 4.78 is 13.5. The summed E-state index contributed by atoms with van der Waals surface area (Å²) in [6.45, 7) is 0.618. The third kappa shape index (κ3) is 4.67. The molecule has 0 aliphatic carbocycles. The van der Waals surface area contributed by atoms with Crippen LogP contribution < -0.4 is 0 Å². The lowest BCUT2D eigenvalue weighted by molar-refractivity contribution is -0.129. The standard InChI is InChI=1S/C17H19FN2O/c1-20(13-11-15-7-4-5-12-19-15)17(21)10-9-14-6-2-3-8-16(14)18/h2-8,12H,9-11,13H2,1H3. The number of carbonyl (C=O) groups is 1. The monoisotopic (exact) mass is 286 g/mol. The van der Waals surface area contributed by atoms with Gasteiger partial charge in [0.1, 0.15) is 5.82 Å². The van der Waals surface area contributed by atoms with Gasteiger partial charge in [-0.15, -0.1) is 0 Å². The number of amides is 1. The number of carbonyl (C=O) groups excluding carboxylic acids is 1. The number of nitrogens with zero attached hydrogens (tertiary/aromatic N) is 2. The van der Waals surface area contributed by atoms with Crippen LogP contribution in [0.4, 0.5) is 4.39 Å². The van der Waals surface area contributed by atoms with Gasteiger partial charge in [-0.3, -0.25) is 9.78 Å². The molecule has 3 nitrogen and oxygen atoms in total. The molecular weight excluding hydrogens is 267 g/mol. The normalized spacial score (nSPS) is 10.4. The Bertz CT molecular complexity index is 586. The van der Waals surface area contributed by atoms with Gasteiger partial charge in [0.2, 0.25) is 5.91 Å². The summed E-state index contributed by atoms with van der Waals surface area (Å²) in [5.41, 5.74) is 1.55. The highest BCUT2D eigenvalue weighted by Crippen LogP contribution is 2.09. The fourth-order valence-corrected chi connectivity index (χ4v) is 2.09. The van der Waals surface area contributed by atoms with Crippen LogP contribution >= 0.6 is 0 Å². The molecule has 0 spiro atoms. The highest BCUT2D eigenvalue weighted by atomic mass is 19.1. The number of rotatable bonds is 6. The molecule has 0 radical (unpaired) electrons. The maximum atomic E-state index is 13.5. The van der Waals surface area contributed by atoms with Gasteiger partial charge in [-0.2, -0.15) is 0 Å². The Hall–Kier alpha value is -2.23. The first-order valence-electron chi connectivity index (χ1n) is 7.04. The second-order valence-corrected chi connectivity index (χ2v) is 4.98. The lowest BCUT2D eigenvalue weighted by Gasteiger charge is -2.17. The number of benzene rings is 1. The van der Waals surface area contributed by atoms with Crippen LogP contribution in [0.25, 0.3) is 0 Å². The molecule has 21 heavy (non-hydrogen) atoms. The quantitative estimate of drug-likeness (QED) is 0.818. The zero-order valence-electron chi connectivity index (χ0n) is 12.1. The number of aryl methyl sites for hydroxylation is 1. The Morgan fingerprint density at radius 2 is 1.90 bits per heavy atom. The molecule has 0 fully saturated rings. The van der Waals surface area contributed by atoms with Crippen LogP contribution in [0.15, 0.2) is 48.7 Å². The molecule has 2 rings (SSSR count). The van der Waals surface area contributed by atoms with Crippen molar-refractivity contribution in [3.8, 4) is 0 Å². The Balaban J connectivity index is 1.79. The molecule has 1 amide bonds. The van der Waals surface area contributed by atoms with Crippen molar-refractivity contribution in [2.45, 2.75) is 19.3 Å². The molecule has 0 N–H and O–H groups in total. The highest BCUT2D eigenvalue weighted by molar-refractivity contribution is 5.76. The average Bonchev–Trinajstić information content (AvgIpc) is 2.52. The molecule has 1 aromatic heterocycles. The van der Waals surface area contributed by atoms with E-state index in [9.17, 15) is 9.18 Å². The highest BCUT2D eigenvalue weighted by Gasteiger charge is 2.10. The van der Waals surface area contributed by atoms with Crippen molar-refractivity contribution < 1.29 is 9.18 Å². The number of aromatic nitrogens is 1.